The Kier molecular flexibility index (Phi) is 1.77. The van der Waals surface area contributed by atoms with E-state index in [4.69, 9.17) is 0 Å². The van der Waals surface area contributed by atoms with Crippen molar-refractivity contribution in [1.29, 1.82) is 0 Å². The third-order valence-corrected chi connectivity index (χ3v) is 1.98. The maximum Gasteiger partial charge on any atom is 0.169 e. The largest absolute Gasteiger partial charge is 0.368 e. The van der Waals surface area contributed by atoms with E-state index < -0.39 is 12.0 Å². The van der Waals surface area contributed by atoms with Crippen molar-refractivity contribution >= 4 is 6.21 Å². The topological polar surface area (TPSA) is 44.6 Å². The summed E-state index contributed by atoms with van der Waals surface area (Å²) in [5.74, 6) is -0.402. The van der Waals surface area contributed by atoms with Gasteiger partial charge in [0.05, 0.1) is 6.21 Å². The number of benzene rings is 1. The van der Waals surface area contributed by atoms with Gasteiger partial charge in [-0.05, 0) is 24.6 Å². The summed E-state index contributed by atoms with van der Waals surface area (Å²) >= 11 is 0. The molecule has 4 heteroatoms. The van der Waals surface area contributed by atoms with Gasteiger partial charge >= 0.3 is 0 Å². The average Bonchev–Trinajstić information content (AvgIpc) is 2.02. The number of hydrazone groups is 1. The van der Waals surface area contributed by atoms with Crippen molar-refractivity contribution in [2.75, 3.05) is 0 Å². The molecule has 1 aromatic carbocycles. The van der Waals surface area contributed by atoms with Crippen molar-refractivity contribution in [2.45, 2.75) is 13.2 Å². The van der Waals surface area contributed by atoms with Crippen LogP contribution in [0.1, 0.15) is 22.9 Å². The highest BCUT2D eigenvalue weighted by atomic mass is 19.1. The molecule has 13 heavy (non-hydrogen) atoms. The van der Waals surface area contributed by atoms with E-state index in [0.717, 1.165) is 5.56 Å². The summed E-state index contributed by atoms with van der Waals surface area (Å²) in [6, 6.07) is 3.18. The maximum atomic E-state index is 13.3. The van der Waals surface area contributed by atoms with Crippen LogP contribution >= 0.6 is 0 Å². The zero-order valence-corrected chi connectivity index (χ0v) is 7.08. The summed E-state index contributed by atoms with van der Waals surface area (Å²) < 4.78 is 13.3. The lowest BCUT2D eigenvalue weighted by atomic mass is 10.0. The number of halogens is 1. The first-order valence-corrected chi connectivity index (χ1v) is 3.95. The first-order valence-electron chi connectivity index (χ1n) is 3.95. The lowest BCUT2D eigenvalue weighted by molar-refractivity contribution is 0.134. The molecule has 68 valence electrons. The Bertz CT molecular complexity index is 376. The van der Waals surface area contributed by atoms with Crippen LogP contribution in [-0.2, 0) is 0 Å². The molecule has 1 heterocycles. The Morgan fingerprint density at radius 1 is 1.54 bits per heavy atom. The zero-order chi connectivity index (χ0) is 9.42. The van der Waals surface area contributed by atoms with Crippen LogP contribution in [0.2, 0.25) is 0 Å². The number of hydrogen-bond donors (Lipinski definition) is 2. The highest BCUT2D eigenvalue weighted by molar-refractivity contribution is 5.83. The van der Waals surface area contributed by atoms with E-state index in [-0.39, 0.29) is 5.56 Å². The molecule has 0 saturated heterocycles. The molecule has 2 rings (SSSR count). The van der Waals surface area contributed by atoms with E-state index in [0.29, 0.717) is 5.56 Å². The molecule has 1 aliphatic heterocycles. The minimum atomic E-state index is -1.04. The molecule has 1 aromatic rings. The Hall–Kier alpha value is -1.42. The molecule has 0 aromatic heterocycles. The Labute approximate surface area is 74.9 Å². The van der Waals surface area contributed by atoms with E-state index in [1.165, 1.54) is 12.3 Å². The van der Waals surface area contributed by atoms with Gasteiger partial charge in [0.2, 0.25) is 0 Å². The van der Waals surface area contributed by atoms with Gasteiger partial charge in [-0.3, -0.25) is 5.43 Å². The van der Waals surface area contributed by atoms with Crippen LogP contribution in [0.5, 0.6) is 0 Å². The minimum Gasteiger partial charge on any atom is -0.368 e. The quantitative estimate of drug-likeness (QED) is 0.627. The third-order valence-electron chi connectivity index (χ3n) is 1.98. The first-order chi connectivity index (χ1) is 6.18. The molecular weight excluding hydrogens is 171 g/mol. The molecule has 0 spiro atoms. The van der Waals surface area contributed by atoms with Gasteiger partial charge in [-0.2, -0.15) is 5.10 Å². The smallest absolute Gasteiger partial charge is 0.169 e. The van der Waals surface area contributed by atoms with Crippen molar-refractivity contribution in [2.24, 2.45) is 5.10 Å². The molecule has 0 fully saturated rings. The molecular formula is C9H9FN2O. The first kappa shape index (κ1) is 8.19. The predicted molar refractivity (Wildman–Crippen MR) is 46.8 cm³/mol. The molecule has 2 N–H and O–H groups in total. The second-order valence-corrected chi connectivity index (χ2v) is 3.04. The molecule has 0 amide bonds. The van der Waals surface area contributed by atoms with Gasteiger partial charge in [0, 0.05) is 11.1 Å². The van der Waals surface area contributed by atoms with Gasteiger partial charge in [-0.15, -0.1) is 0 Å². The molecule has 0 bridgehead atoms. The van der Waals surface area contributed by atoms with Crippen molar-refractivity contribution in [1.82, 2.24) is 5.43 Å². The van der Waals surface area contributed by atoms with Gasteiger partial charge in [0.1, 0.15) is 5.82 Å². The molecule has 0 radical (unpaired) electrons. The van der Waals surface area contributed by atoms with Crippen LogP contribution in [0.25, 0.3) is 0 Å². The average molecular weight is 180 g/mol. The van der Waals surface area contributed by atoms with Gasteiger partial charge in [0.25, 0.3) is 0 Å². The van der Waals surface area contributed by atoms with Crippen LogP contribution < -0.4 is 5.43 Å². The van der Waals surface area contributed by atoms with Crippen LogP contribution in [0.4, 0.5) is 4.39 Å². The van der Waals surface area contributed by atoms with Gasteiger partial charge in [0.15, 0.2) is 6.23 Å². The fourth-order valence-electron chi connectivity index (χ4n) is 1.42. The SMILES string of the molecule is Cc1cc(F)c2c(c1)C=NNC2O. The molecule has 0 aliphatic carbocycles. The summed E-state index contributed by atoms with van der Waals surface area (Å²) in [5.41, 5.74) is 4.09. The zero-order valence-electron chi connectivity index (χ0n) is 7.08. The fourth-order valence-corrected chi connectivity index (χ4v) is 1.42. The van der Waals surface area contributed by atoms with E-state index >= 15 is 0 Å². The van der Waals surface area contributed by atoms with E-state index in [2.05, 4.69) is 10.5 Å². The number of hydrogen-bond acceptors (Lipinski definition) is 3. The second kappa shape index (κ2) is 2.81. The molecule has 3 nitrogen and oxygen atoms in total. The number of aliphatic hydroxyl groups is 1. The fraction of sp³-hybridized carbons (Fsp3) is 0.222. The van der Waals surface area contributed by atoms with Crippen LogP contribution in [0.3, 0.4) is 0 Å². The number of fused-ring (bicyclic) bond motifs is 1. The Morgan fingerprint density at radius 3 is 3.08 bits per heavy atom. The number of aliphatic hydroxyl groups excluding tert-OH is 1. The van der Waals surface area contributed by atoms with E-state index in [9.17, 15) is 9.50 Å². The molecule has 1 aliphatic rings. The lowest BCUT2D eigenvalue weighted by Crippen LogP contribution is -2.22. The van der Waals surface area contributed by atoms with Crippen LogP contribution in [0, 0.1) is 12.7 Å². The maximum absolute atomic E-state index is 13.3. The summed E-state index contributed by atoms with van der Waals surface area (Å²) in [7, 11) is 0. The van der Waals surface area contributed by atoms with Crippen molar-refractivity contribution in [3.8, 4) is 0 Å². The van der Waals surface area contributed by atoms with Crippen LogP contribution in [0.15, 0.2) is 17.2 Å². The van der Waals surface area contributed by atoms with Gasteiger partial charge < -0.3 is 5.11 Å². The summed E-state index contributed by atoms with van der Waals surface area (Å²) in [6.45, 7) is 1.80. The van der Waals surface area contributed by atoms with Crippen molar-refractivity contribution < 1.29 is 9.50 Å². The van der Waals surface area contributed by atoms with Crippen molar-refractivity contribution in [3.63, 3.8) is 0 Å². The monoisotopic (exact) mass is 180 g/mol. The highest BCUT2D eigenvalue weighted by Gasteiger charge is 2.19. The number of nitrogens with zero attached hydrogens (tertiary/aromatic N) is 1. The Morgan fingerprint density at radius 2 is 2.31 bits per heavy atom. The number of rotatable bonds is 0. The number of nitrogens with one attached hydrogen (secondary N) is 1. The lowest BCUT2D eigenvalue weighted by Gasteiger charge is -2.18. The van der Waals surface area contributed by atoms with E-state index in [1.54, 1.807) is 13.0 Å². The van der Waals surface area contributed by atoms with E-state index in [1.807, 2.05) is 0 Å². The molecule has 0 saturated carbocycles. The summed E-state index contributed by atoms with van der Waals surface area (Å²) in [5, 5.41) is 13.1. The van der Waals surface area contributed by atoms with Gasteiger partial charge in [-0.1, -0.05) is 0 Å². The highest BCUT2D eigenvalue weighted by Crippen LogP contribution is 2.22. The molecule has 1 unspecified atom stereocenters. The third kappa shape index (κ3) is 1.29. The Balaban J connectivity index is 2.65. The number of aryl methyl sites for hydroxylation is 1. The standard InChI is InChI=1S/C9H9FN2O/c1-5-2-6-4-11-12-9(13)8(6)7(10)3-5/h2-4,9,12-13H,1H3. The molecule has 1 atom stereocenters. The minimum absolute atomic E-state index is 0.264. The predicted octanol–water partition coefficient (Wildman–Crippen LogP) is 1.06. The van der Waals surface area contributed by atoms with Gasteiger partial charge in [-0.25, -0.2) is 4.39 Å². The summed E-state index contributed by atoms with van der Waals surface area (Å²) in [4.78, 5) is 0. The normalized spacial score (nSPS) is 19.5. The van der Waals surface area contributed by atoms with Crippen molar-refractivity contribution in [3.05, 3.63) is 34.6 Å². The summed E-state index contributed by atoms with van der Waals surface area (Å²) in [6.07, 6.45) is 0.457. The van der Waals surface area contributed by atoms with Crippen LogP contribution in [-0.4, -0.2) is 11.3 Å². The second-order valence-electron chi connectivity index (χ2n) is 3.04.